The number of benzene rings is 1. The van der Waals surface area contributed by atoms with E-state index in [0.29, 0.717) is 0 Å². The van der Waals surface area contributed by atoms with Gasteiger partial charge in [-0.05, 0) is 31.0 Å². The van der Waals surface area contributed by atoms with E-state index in [1.54, 1.807) is 13.4 Å². The van der Waals surface area contributed by atoms with Crippen LogP contribution < -0.4 is 10.1 Å². The first kappa shape index (κ1) is 13.7. The molecule has 0 bridgehead atoms. The molecule has 0 saturated carbocycles. The molecule has 0 aliphatic rings. The Bertz CT molecular complexity index is 519. The summed E-state index contributed by atoms with van der Waals surface area (Å²) in [5.41, 5.74) is 2.37. The summed E-state index contributed by atoms with van der Waals surface area (Å²) in [4.78, 5) is 0. The number of aryl methyl sites for hydroxylation is 1. The number of hydrogen-bond donors (Lipinski definition) is 1. The Morgan fingerprint density at radius 2 is 2.05 bits per heavy atom. The van der Waals surface area contributed by atoms with Crippen LogP contribution in [0, 0.1) is 6.92 Å². The van der Waals surface area contributed by atoms with Gasteiger partial charge in [0.1, 0.15) is 11.5 Å². The number of methoxy groups -OCH3 is 1. The van der Waals surface area contributed by atoms with Crippen LogP contribution in [0.25, 0.3) is 0 Å². The second-order valence-electron chi connectivity index (χ2n) is 4.61. The molecule has 0 amide bonds. The molecule has 1 aromatic carbocycles. The second-order valence-corrected chi connectivity index (χ2v) is 4.61. The van der Waals surface area contributed by atoms with Crippen LogP contribution in [0.2, 0.25) is 0 Å². The van der Waals surface area contributed by atoms with Crippen molar-refractivity contribution in [2.45, 2.75) is 32.9 Å². The summed E-state index contributed by atoms with van der Waals surface area (Å²) in [7, 11) is 1.71. The topological polar surface area (TPSA) is 34.4 Å². The van der Waals surface area contributed by atoms with E-state index in [1.165, 1.54) is 11.1 Å². The predicted molar refractivity (Wildman–Crippen MR) is 76.3 cm³/mol. The highest BCUT2D eigenvalue weighted by atomic mass is 16.5. The van der Waals surface area contributed by atoms with Gasteiger partial charge in [-0.15, -0.1) is 0 Å². The molecular formula is C16H21NO2. The lowest BCUT2D eigenvalue weighted by molar-refractivity contribution is 0.390. The fourth-order valence-corrected chi connectivity index (χ4v) is 2.23. The van der Waals surface area contributed by atoms with E-state index < -0.39 is 0 Å². The summed E-state index contributed by atoms with van der Waals surface area (Å²) in [5, 5.41) is 3.53. The normalized spacial score (nSPS) is 12.4. The molecule has 2 aromatic rings. The summed E-state index contributed by atoms with van der Waals surface area (Å²) >= 11 is 0. The van der Waals surface area contributed by atoms with Crippen LogP contribution in [0.4, 0.5) is 0 Å². The number of hydrogen-bond acceptors (Lipinski definition) is 3. The smallest absolute Gasteiger partial charge is 0.123 e. The van der Waals surface area contributed by atoms with E-state index in [-0.39, 0.29) is 6.04 Å². The van der Waals surface area contributed by atoms with Gasteiger partial charge >= 0.3 is 0 Å². The Morgan fingerprint density at radius 3 is 2.68 bits per heavy atom. The maximum Gasteiger partial charge on any atom is 0.123 e. The lowest BCUT2D eigenvalue weighted by Crippen LogP contribution is -2.21. The standard InChI is InChI=1S/C16H21NO2/c1-4-14(13-7-5-6-8-15(13)18-3)17-11-16-12(2)9-10-19-16/h5-10,14,17H,4,11H2,1-3H3. The molecule has 1 atom stereocenters. The highest BCUT2D eigenvalue weighted by Crippen LogP contribution is 2.27. The molecule has 0 aliphatic carbocycles. The van der Waals surface area contributed by atoms with Crippen molar-refractivity contribution in [1.82, 2.24) is 5.32 Å². The number of rotatable bonds is 6. The summed E-state index contributed by atoms with van der Waals surface area (Å²) in [6, 6.07) is 10.4. The van der Waals surface area contributed by atoms with Crippen LogP contribution >= 0.6 is 0 Å². The van der Waals surface area contributed by atoms with Crippen LogP contribution in [-0.2, 0) is 6.54 Å². The predicted octanol–water partition coefficient (Wildman–Crippen LogP) is 3.84. The van der Waals surface area contributed by atoms with Gasteiger partial charge in [-0.25, -0.2) is 0 Å². The van der Waals surface area contributed by atoms with Gasteiger partial charge in [0.15, 0.2) is 0 Å². The zero-order valence-corrected chi connectivity index (χ0v) is 11.8. The second kappa shape index (κ2) is 6.43. The Labute approximate surface area is 114 Å². The molecule has 1 N–H and O–H groups in total. The quantitative estimate of drug-likeness (QED) is 0.856. The lowest BCUT2D eigenvalue weighted by atomic mass is 10.0. The number of para-hydroxylation sites is 1. The Morgan fingerprint density at radius 1 is 1.26 bits per heavy atom. The summed E-state index contributed by atoms with van der Waals surface area (Å²) < 4.78 is 10.9. The van der Waals surface area contributed by atoms with Crippen molar-refractivity contribution in [3.05, 3.63) is 53.5 Å². The van der Waals surface area contributed by atoms with E-state index in [1.807, 2.05) is 24.3 Å². The van der Waals surface area contributed by atoms with E-state index in [4.69, 9.17) is 9.15 Å². The van der Waals surface area contributed by atoms with E-state index in [2.05, 4.69) is 25.2 Å². The number of furan rings is 1. The van der Waals surface area contributed by atoms with Gasteiger partial charge in [-0.3, -0.25) is 0 Å². The molecule has 1 unspecified atom stereocenters. The average molecular weight is 259 g/mol. The zero-order valence-electron chi connectivity index (χ0n) is 11.8. The van der Waals surface area contributed by atoms with Crippen molar-refractivity contribution < 1.29 is 9.15 Å². The first-order valence-corrected chi connectivity index (χ1v) is 6.65. The van der Waals surface area contributed by atoms with Gasteiger partial charge in [0.25, 0.3) is 0 Å². The summed E-state index contributed by atoms with van der Waals surface area (Å²) in [6.07, 6.45) is 2.73. The highest BCUT2D eigenvalue weighted by molar-refractivity contribution is 5.35. The first-order chi connectivity index (χ1) is 9.26. The minimum absolute atomic E-state index is 0.264. The largest absolute Gasteiger partial charge is 0.496 e. The monoisotopic (exact) mass is 259 g/mol. The fraction of sp³-hybridized carbons (Fsp3) is 0.375. The summed E-state index contributed by atoms with van der Waals surface area (Å²) in [5.74, 6) is 1.92. The van der Waals surface area contributed by atoms with Crippen LogP contribution in [0.5, 0.6) is 5.75 Å². The van der Waals surface area contributed by atoms with Gasteiger partial charge in [0, 0.05) is 11.6 Å². The Kier molecular flexibility index (Phi) is 4.63. The van der Waals surface area contributed by atoms with Crippen molar-refractivity contribution >= 4 is 0 Å². The Hall–Kier alpha value is -1.74. The first-order valence-electron chi connectivity index (χ1n) is 6.65. The minimum Gasteiger partial charge on any atom is -0.496 e. The van der Waals surface area contributed by atoms with Gasteiger partial charge in [0.05, 0.1) is 19.9 Å². The third kappa shape index (κ3) is 3.18. The molecule has 0 spiro atoms. The highest BCUT2D eigenvalue weighted by Gasteiger charge is 2.14. The molecule has 1 aromatic heterocycles. The molecule has 0 radical (unpaired) electrons. The maximum absolute atomic E-state index is 5.46. The fourth-order valence-electron chi connectivity index (χ4n) is 2.23. The van der Waals surface area contributed by atoms with Crippen LogP contribution in [-0.4, -0.2) is 7.11 Å². The molecule has 3 nitrogen and oxygen atoms in total. The number of ether oxygens (including phenoxy) is 1. The molecule has 102 valence electrons. The lowest BCUT2D eigenvalue weighted by Gasteiger charge is -2.19. The molecule has 0 aliphatic heterocycles. The molecule has 0 fully saturated rings. The van der Waals surface area contributed by atoms with Crippen molar-refractivity contribution in [3.8, 4) is 5.75 Å². The average Bonchev–Trinajstić information content (AvgIpc) is 2.85. The van der Waals surface area contributed by atoms with Crippen molar-refractivity contribution in [2.75, 3.05) is 7.11 Å². The molecule has 0 saturated heterocycles. The SMILES string of the molecule is CCC(NCc1occc1C)c1ccccc1OC. The maximum atomic E-state index is 5.46. The van der Waals surface area contributed by atoms with Crippen molar-refractivity contribution in [1.29, 1.82) is 0 Å². The van der Waals surface area contributed by atoms with Gasteiger partial charge in [0.2, 0.25) is 0 Å². The van der Waals surface area contributed by atoms with Gasteiger partial charge < -0.3 is 14.5 Å². The Balaban J connectivity index is 2.10. The van der Waals surface area contributed by atoms with Crippen LogP contribution in [0.15, 0.2) is 41.0 Å². The van der Waals surface area contributed by atoms with Crippen LogP contribution in [0.1, 0.15) is 36.3 Å². The minimum atomic E-state index is 0.264. The third-order valence-corrected chi connectivity index (χ3v) is 3.40. The van der Waals surface area contributed by atoms with Gasteiger partial charge in [-0.1, -0.05) is 25.1 Å². The van der Waals surface area contributed by atoms with Crippen molar-refractivity contribution in [2.24, 2.45) is 0 Å². The summed E-state index contributed by atoms with van der Waals surface area (Å²) in [6.45, 7) is 4.96. The zero-order chi connectivity index (χ0) is 13.7. The molecular weight excluding hydrogens is 238 g/mol. The van der Waals surface area contributed by atoms with E-state index in [0.717, 1.165) is 24.5 Å². The number of nitrogens with one attached hydrogen (secondary N) is 1. The van der Waals surface area contributed by atoms with Crippen molar-refractivity contribution in [3.63, 3.8) is 0 Å². The van der Waals surface area contributed by atoms with Gasteiger partial charge in [-0.2, -0.15) is 0 Å². The molecule has 19 heavy (non-hydrogen) atoms. The third-order valence-electron chi connectivity index (χ3n) is 3.40. The molecule has 3 heteroatoms. The van der Waals surface area contributed by atoms with Crippen LogP contribution in [0.3, 0.4) is 0 Å². The molecule has 1 heterocycles. The van der Waals surface area contributed by atoms with E-state index in [9.17, 15) is 0 Å². The molecule has 2 rings (SSSR count). The van der Waals surface area contributed by atoms with E-state index >= 15 is 0 Å².